The van der Waals surface area contributed by atoms with Gasteiger partial charge in [-0.25, -0.2) is 0 Å². The molecule has 0 bridgehead atoms. The molecule has 2 rings (SSSR count). The minimum atomic E-state index is -0.241. The summed E-state index contributed by atoms with van der Waals surface area (Å²) in [6, 6.07) is 9.38. The molecule has 0 aliphatic rings. The molecule has 24 heavy (non-hydrogen) atoms. The monoisotopic (exact) mass is 323 g/mol. The molecule has 1 aromatic heterocycles. The summed E-state index contributed by atoms with van der Waals surface area (Å²) in [7, 11) is 1.60. The van der Waals surface area contributed by atoms with Crippen LogP contribution in [0.5, 0.6) is 0 Å². The third-order valence-corrected chi connectivity index (χ3v) is 3.74. The maximum Gasteiger partial charge on any atom is 0.246 e. The fourth-order valence-electron chi connectivity index (χ4n) is 2.14. The molecule has 5 heteroatoms. The van der Waals surface area contributed by atoms with Crippen LogP contribution in [-0.4, -0.2) is 35.3 Å². The molecule has 0 saturated heterocycles. The van der Waals surface area contributed by atoms with Crippen LogP contribution in [0.25, 0.3) is 6.08 Å². The molecule has 1 aromatic carbocycles. The van der Waals surface area contributed by atoms with Gasteiger partial charge in [0.05, 0.1) is 6.54 Å². The first kappa shape index (κ1) is 17.4. The molecule has 2 amide bonds. The van der Waals surface area contributed by atoms with E-state index in [2.05, 4.69) is 10.3 Å². The Kier molecular flexibility index (Phi) is 5.84. The van der Waals surface area contributed by atoms with Crippen molar-refractivity contribution in [2.24, 2.45) is 0 Å². The van der Waals surface area contributed by atoms with Crippen molar-refractivity contribution >= 4 is 23.6 Å². The second-order valence-electron chi connectivity index (χ2n) is 5.61. The van der Waals surface area contributed by atoms with Crippen LogP contribution in [-0.2, 0) is 9.59 Å². The Morgan fingerprint density at radius 1 is 1.21 bits per heavy atom. The normalized spacial score (nSPS) is 10.6. The van der Waals surface area contributed by atoms with Crippen LogP contribution in [0.15, 0.2) is 48.8 Å². The van der Waals surface area contributed by atoms with Gasteiger partial charge in [-0.2, -0.15) is 0 Å². The van der Waals surface area contributed by atoms with E-state index in [1.807, 2.05) is 38.1 Å². The molecule has 0 atom stereocenters. The van der Waals surface area contributed by atoms with Gasteiger partial charge in [-0.15, -0.1) is 0 Å². The molecule has 124 valence electrons. The van der Waals surface area contributed by atoms with E-state index in [4.69, 9.17) is 0 Å². The van der Waals surface area contributed by atoms with Crippen LogP contribution >= 0.6 is 0 Å². The maximum atomic E-state index is 12.1. The van der Waals surface area contributed by atoms with E-state index in [-0.39, 0.29) is 18.4 Å². The Morgan fingerprint density at radius 2 is 2.00 bits per heavy atom. The lowest BCUT2D eigenvalue weighted by Gasteiger charge is -2.16. The molecule has 0 unspecified atom stereocenters. The molecule has 1 N–H and O–H groups in total. The summed E-state index contributed by atoms with van der Waals surface area (Å²) in [5.41, 5.74) is 3.73. The first-order valence-corrected chi connectivity index (χ1v) is 7.66. The molecular formula is C19H21N3O2. The van der Waals surface area contributed by atoms with Gasteiger partial charge < -0.3 is 10.2 Å². The van der Waals surface area contributed by atoms with Crippen LogP contribution in [0.4, 0.5) is 5.69 Å². The first-order valence-electron chi connectivity index (χ1n) is 7.66. The predicted molar refractivity (Wildman–Crippen MR) is 95.5 cm³/mol. The highest BCUT2D eigenvalue weighted by Gasteiger charge is 2.12. The van der Waals surface area contributed by atoms with Crippen molar-refractivity contribution in [2.45, 2.75) is 13.8 Å². The first-order chi connectivity index (χ1) is 11.5. The number of pyridine rings is 1. The molecule has 0 fully saturated rings. The van der Waals surface area contributed by atoms with Gasteiger partial charge in [0.2, 0.25) is 11.8 Å². The average molecular weight is 323 g/mol. The molecule has 2 aromatic rings. The van der Waals surface area contributed by atoms with Crippen LogP contribution in [0.2, 0.25) is 0 Å². The summed E-state index contributed by atoms with van der Waals surface area (Å²) in [6.45, 7) is 3.93. The topological polar surface area (TPSA) is 62.3 Å². The Labute approximate surface area is 142 Å². The molecule has 0 aliphatic carbocycles. The van der Waals surface area contributed by atoms with Gasteiger partial charge in [0, 0.05) is 31.2 Å². The summed E-state index contributed by atoms with van der Waals surface area (Å²) in [5.74, 6) is -0.468. The lowest BCUT2D eigenvalue weighted by Crippen LogP contribution is -2.34. The van der Waals surface area contributed by atoms with Gasteiger partial charge in [0.15, 0.2) is 0 Å². The van der Waals surface area contributed by atoms with Crippen molar-refractivity contribution in [3.63, 3.8) is 0 Å². The summed E-state index contributed by atoms with van der Waals surface area (Å²) in [4.78, 5) is 29.5. The van der Waals surface area contributed by atoms with E-state index in [0.29, 0.717) is 0 Å². The lowest BCUT2D eigenvalue weighted by molar-refractivity contribution is -0.129. The van der Waals surface area contributed by atoms with Crippen LogP contribution in [0.3, 0.4) is 0 Å². The van der Waals surface area contributed by atoms with E-state index in [9.17, 15) is 9.59 Å². The molecule has 0 radical (unpaired) electrons. The minimum absolute atomic E-state index is 0.0103. The number of likely N-dealkylation sites (N-methyl/N-ethyl adjacent to an activating group) is 1. The van der Waals surface area contributed by atoms with Crippen LogP contribution < -0.4 is 5.32 Å². The van der Waals surface area contributed by atoms with E-state index in [1.54, 1.807) is 31.6 Å². The zero-order valence-corrected chi connectivity index (χ0v) is 14.1. The smallest absolute Gasteiger partial charge is 0.246 e. The molecule has 0 spiro atoms. The highest BCUT2D eigenvalue weighted by Crippen LogP contribution is 2.17. The molecule has 0 saturated carbocycles. The highest BCUT2D eigenvalue weighted by molar-refractivity contribution is 5.98. The van der Waals surface area contributed by atoms with Crippen LogP contribution in [0, 0.1) is 13.8 Å². The quantitative estimate of drug-likeness (QED) is 0.861. The molecule has 0 aliphatic heterocycles. The number of rotatable bonds is 5. The van der Waals surface area contributed by atoms with Crippen molar-refractivity contribution < 1.29 is 9.59 Å². The molecular weight excluding hydrogens is 302 g/mol. The summed E-state index contributed by atoms with van der Waals surface area (Å²) in [6.07, 6.45) is 6.44. The number of anilines is 1. The third kappa shape index (κ3) is 4.78. The molecule has 5 nitrogen and oxygen atoms in total. The standard InChI is InChI=1S/C19H21N3O2/c1-14-6-4-8-17(15(14)2)21-18(23)13-22(3)19(24)10-9-16-7-5-11-20-12-16/h4-12H,13H2,1-3H3,(H,21,23)/b10-9+. The second-order valence-corrected chi connectivity index (χ2v) is 5.61. The van der Waals surface area contributed by atoms with Crippen molar-refractivity contribution in [1.82, 2.24) is 9.88 Å². The Bertz CT molecular complexity index is 754. The van der Waals surface area contributed by atoms with Crippen molar-refractivity contribution in [1.29, 1.82) is 0 Å². The Hall–Kier alpha value is -2.95. The number of hydrogen-bond acceptors (Lipinski definition) is 3. The van der Waals surface area contributed by atoms with Gasteiger partial charge in [-0.3, -0.25) is 14.6 Å². The number of nitrogens with zero attached hydrogens (tertiary/aromatic N) is 2. The van der Waals surface area contributed by atoms with Gasteiger partial charge in [0.25, 0.3) is 0 Å². The number of carbonyl (C=O) groups is 2. The second kappa shape index (κ2) is 8.06. The van der Waals surface area contributed by atoms with E-state index < -0.39 is 0 Å². The summed E-state index contributed by atoms with van der Waals surface area (Å²) in [5, 5.41) is 2.84. The summed E-state index contributed by atoms with van der Waals surface area (Å²) < 4.78 is 0. The fraction of sp³-hybridized carbons (Fsp3) is 0.211. The van der Waals surface area contributed by atoms with Crippen molar-refractivity contribution in [3.8, 4) is 0 Å². The summed E-state index contributed by atoms with van der Waals surface area (Å²) >= 11 is 0. The van der Waals surface area contributed by atoms with Crippen molar-refractivity contribution in [3.05, 3.63) is 65.5 Å². The molecule has 1 heterocycles. The number of carbonyl (C=O) groups excluding carboxylic acids is 2. The zero-order valence-electron chi connectivity index (χ0n) is 14.1. The minimum Gasteiger partial charge on any atom is -0.333 e. The average Bonchev–Trinajstić information content (AvgIpc) is 2.57. The Morgan fingerprint density at radius 3 is 2.71 bits per heavy atom. The van der Waals surface area contributed by atoms with E-state index in [1.165, 1.54) is 11.0 Å². The number of aromatic nitrogens is 1. The van der Waals surface area contributed by atoms with Gasteiger partial charge in [-0.1, -0.05) is 18.2 Å². The maximum absolute atomic E-state index is 12.1. The third-order valence-electron chi connectivity index (χ3n) is 3.74. The number of aryl methyl sites for hydroxylation is 1. The number of hydrogen-bond donors (Lipinski definition) is 1. The lowest BCUT2D eigenvalue weighted by atomic mass is 10.1. The van der Waals surface area contributed by atoms with E-state index >= 15 is 0 Å². The number of nitrogens with one attached hydrogen (secondary N) is 1. The van der Waals surface area contributed by atoms with E-state index in [0.717, 1.165) is 22.4 Å². The number of benzene rings is 1. The SMILES string of the molecule is Cc1cccc(NC(=O)CN(C)C(=O)/C=C/c2cccnc2)c1C. The predicted octanol–water partition coefficient (Wildman–Crippen LogP) is 2.81. The number of amides is 2. The Balaban J connectivity index is 1.92. The highest BCUT2D eigenvalue weighted by atomic mass is 16.2. The van der Waals surface area contributed by atoms with Gasteiger partial charge in [0.1, 0.15) is 0 Å². The largest absolute Gasteiger partial charge is 0.333 e. The van der Waals surface area contributed by atoms with Crippen molar-refractivity contribution in [2.75, 3.05) is 18.9 Å². The fourth-order valence-corrected chi connectivity index (χ4v) is 2.14. The van der Waals surface area contributed by atoms with Crippen LogP contribution in [0.1, 0.15) is 16.7 Å². The van der Waals surface area contributed by atoms with Gasteiger partial charge in [-0.05, 0) is 48.7 Å². The zero-order chi connectivity index (χ0) is 17.5. The van der Waals surface area contributed by atoms with Gasteiger partial charge >= 0.3 is 0 Å².